The van der Waals surface area contributed by atoms with Crippen molar-refractivity contribution >= 4 is 32.4 Å². The standard InChI is InChI=1S/C9H8BrFNOS/c1-14(13)12-9-3-5-2-6(5)7(10)4-8(9)11/h3-5H,1-2H2,(H,12,13)/q-1. The Morgan fingerprint density at radius 3 is 3.07 bits per heavy atom. The first-order valence-corrected chi connectivity index (χ1v) is 6.15. The Bertz CT molecular complexity index is 440. The van der Waals surface area contributed by atoms with Crippen molar-refractivity contribution in [2.24, 2.45) is 5.92 Å². The van der Waals surface area contributed by atoms with E-state index in [2.05, 4.69) is 26.5 Å². The van der Waals surface area contributed by atoms with Crippen molar-refractivity contribution in [2.45, 2.75) is 6.42 Å². The second kappa shape index (κ2) is 3.55. The molecule has 2 aliphatic rings. The largest absolute Gasteiger partial charge is 0.447 e. The van der Waals surface area contributed by atoms with Gasteiger partial charge in [-0.3, -0.25) is 0 Å². The lowest BCUT2D eigenvalue weighted by molar-refractivity contribution is 0.595. The molecule has 0 spiro atoms. The Kier molecular flexibility index (Phi) is 2.53. The lowest BCUT2D eigenvalue weighted by atomic mass is 10.3. The zero-order chi connectivity index (χ0) is 10.3. The molecule has 1 atom stereocenters. The van der Waals surface area contributed by atoms with Gasteiger partial charge in [-0.2, -0.15) is 16.4 Å². The maximum atomic E-state index is 13.4. The minimum atomic E-state index is -1.48. The zero-order valence-corrected chi connectivity index (χ0v) is 9.62. The first-order valence-electron chi connectivity index (χ1n) is 4.04. The lowest BCUT2D eigenvalue weighted by Crippen LogP contribution is -2.10. The van der Waals surface area contributed by atoms with Crippen molar-refractivity contribution in [3.05, 3.63) is 33.7 Å². The summed E-state index contributed by atoms with van der Waals surface area (Å²) in [4.78, 5) is 0. The summed E-state index contributed by atoms with van der Waals surface area (Å²) in [5.41, 5.74) is 1.46. The average Bonchev–Trinajstić information content (AvgIpc) is 2.80. The molecular weight excluding hydrogens is 269 g/mol. The SMILES string of the molecule is C=[S-](=O)NC1=CC2CC2=C(Br)C=C1F. The van der Waals surface area contributed by atoms with E-state index in [9.17, 15) is 8.60 Å². The van der Waals surface area contributed by atoms with Crippen molar-refractivity contribution < 1.29 is 8.60 Å². The summed E-state index contributed by atoms with van der Waals surface area (Å²) in [6.07, 6.45) is 4.09. The fourth-order valence-electron chi connectivity index (χ4n) is 1.38. The minimum absolute atomic E-state index is 0.271. The second-order valence-corrected chi connectivity index (χ2v) is 4.95. The Morgan fingerprint density at radius 1 is 1.71 bits per heavy atom. The molecule has 5 heteroatoms. The third kappa shape index (κ3) is 1.93. The van der Waals surface area contributed by atoms with Crippen LogP contribution in [0.4, 0.5) is 4.39 Å². The van der Waals surface area contributed by atoms with Crippen LogP contribution in [0.1, 0.15) is 6.42 Å². The first kappa shape index (κ1) is 9.98. The molecule has 2 nitrogen and oxygen atoms in total. The fourth-order valence-corrected chi connectivity index (χ4v) is 2.45. The second-order valence-electron chi connectivity index (χ2n) is 3.20. The van der Waals surface area contributed by atoms with E-state index in [4.69, 9.17) is 0 Å². The summed E-state index contributed by atoms with van der Waals surface area (Å²) in [5, 5.41) is 0. The Morgan fingerprint density at radius 2 is 2.43 bits per heavy atom. The molecule has 0 aromatic rings. The summed E-state index contributed by atoms with van der Waals surface area (Å²) < 4.78 is 27.5. The van der Waals surface area contributed by atoms with Gasteiger partial charge in [0.25, 0.3) is 0 Å². The summed E-state index contributed by atoms with van der Waals surface area (Å²) in [6, 6.07) is 0. The van der Waals surface area contributed by atoms with Gasteiger partial charge in [0, 0.05) is 10.4 Å². The number of fused-ring (bicyclic) bond motifs is 1. The predicted octanol–water partition coefficient (Wildman–Crippen LogP) is 2.31. The van der Waals surface area contributed by atoms with Gasteiger partial charge in [0.1, 0.15) is 5.83 Å². The Hall–Kier alpha value is -0.550. The van der Waals surface area contributed by atoms with Crippen LogP contribution in [0.3, 0.4) is 0 Å². The van der Waals surface area contributed by atoms with Crippen molar-refractivity contribution in [1.29, 1.82) is 0 Å². The van der Waals surface area contributed by atoms with Crippen molar-refractivity contribution in [2.75, 3.05) is 0 Å². The maximum Gasteiger partial charge on any atom is 0.145 e. The van der Waals surface area contributed by atoms with Gasteiger partial charge < -0.3 is 8.93 Å². The summed E-state index contributed by atoms with van der Waals surface area (Å²) in [7, 11) is -1.48. The van der Waals surface area contributed by atoms with E-state index in [1.807, 2.05) is 0 Å². The molecule has 0 radical (unpaired) electrons. The summed E-state index contributed by atoms with van der Waals surface area (Å²) in [6.45, 7) is 0. The summed E-state index contributed by atoms with van der Waals surface area (Å²) >= 11 is 3.29. The topological polar surface area (TPSA) is 29.1 Å². The number of rotatable bonds is 2. The van der Waals surface area contributed by atoms with Crippen molar-refractivity contribution in [3.63, 3.8) is 0 Å². The van der Waals surface area contributed by atoms with Gasteiger partial charge in [-0.25, -0.2) is 4.39 Å². The third-order valence-electron chi connectivity index (χ3n) is 2.14. The monoisotopic (exact) mass is 276 g/mol. The molecule has 0 amide bonds. The molecule has 14 heavy (non-hydrogen) atoms. The van der Waals surface area contributed by atoms with E-state index in [1.165, 1.54) is 11.6 Å². The highest BCUT2D eigenvalue weighted by atomic mass is 79.9. The van der Waals surface area contributed by atoms with Crippen LogP contribution in [0.2, 0.25) is 0 Å². The maximum absolute atomic E-state index is 13.4. The van der Waals surface area contributed by atoms with Crippen LogP contribution in [0, 0.1) is 5.92 Å². The van der Waals surface area contributed by atoms with E-state index >= 15 is 0 Å². The number of halogens is 2. The first-order chi connectivity index (χ1) is 6.58. The van der Waals surface area contributed by atoms with E-state index in [-0.39, 0.29) is 11.6 Å². The van der Waals surface area contributed by atoms with Crippen LogP contribution in [-0.4, -0.2) is 5.87 Å². The van der Waals surface area contributed by atoms with Crippen LogP contribution in [0.25, 0.3) is 0 Å². The molecule has 0 aliphatic heterocycles. The number of nitrogens with one attached hydrogen (secondary N) is 1. The van der Waals surface area contributed by atoms with Gasteiger partial charge in [-0.1, -0.05) is 22.0 Å². The van der Waals surface area contributed by atoms with E-state index in [0.29, 0.717) is 0 Å². The van der Waals surface area contributed by atoms with E-state index < -0.39 is 16.4 Å². The molecule has 76 valence electrons. The number of allylic oxidation sites excluding steroid dienone is 5. The van der Waals surface area contributed by atoms with E-state index in [0.717, 1.165) is 10.9 Å². The molecule has 0 aromatic heterocycles. The molecular formula is C9H8BrFNOS-. The Balaban J connectivity index is 2.32. The van der Waals surface area contributed by atoms with Crippen LogP contribution >= 0.6 is 15.9 Å². The van der Waals surface area contributed by atoms with Crippen molar-refractivity contribution in [3.8, 4) is 0 Å². The van der Waals surface area contributed by atoms with Gasteiger partial charge in [0.15, 0.2) is 0 Å². The van der Waals surface area contributed by atoms with Gasteiger partial charge in [0.05, 0.1) is 5.70 Å². The molecule has 1 unspecified atom stereocenters. The molecule has 0 aromatic carbocycles. The molecule has 1 saturated carbocycles. The van der Waals surface area contributed by atoms with Gasteiger partial charge in [-0.05, 0) is 18.1 Å². The minimum Gasteiger partial charge on any atom is -0.447 e. The summed E-state index contributed by atoms with van der Waals surface area (Å²) in [5.74, 6) is 3.13. The highest BCUT2D eigenvalue weighted by molar-refractivity contribution is 9.11. The van der Waals surface area contributed by atoms with Crippen LogP contribution in [0.15, 0.2) is 33.7 Å². The molecule has 0 bridgehead atoms. The third-order valence-corrected chi connectivity index (χ3v) is 3.32. The normalized spacial score (nSPS) is 25.2. The molecule has 0 heterocycles. The van der Waals surface area contributed by atoms with Crippen LogP contribution < -0.4 is 4.72 Å². The molecule has 1 N–H and O–H groups in total. The fraction of sp³-hybridized carbons (Fsp3) is 0.222. The zero-order valence-electron chi connectivity index (χ0n) is 7.22. The molecule has 1 fully saturated rings. The highest BCUT2D eigenvalue weighted by Crippen LogP contribution is 2.46. The average molecular weight is 277 g/mol. The predicted molar refractivity (Wildman–Crippen MR) is 59.6 cm³/mol. The van der Waals surface area contributed by atoms with Crippen LogP contribution in [-0.2, 0) is 14.8 Å². The van der Waals surface area contributed by atoms with Crippen LogP contribution in [0.5, 0.6) is 0 Å². The molecule has 2 aliphatic carbocycles. The van der Waals surface area contributed by atoms with Gasteiger partial charge >= 0.3 is 0 Å². The van der Waals surface area contributed by atoms with Gasteiger partial charge in [-0.15, -0.1) is 0 Å². The smallest absolute Gasteiger partial charge is 0.145 e. The number of hydrogen-bond donors (Lipinski definition) is 1. The quantitative estimate of drug-likeness (QED) is 0.609. The van der Waals surface area contributed by atoms with E-state index in [1.54, 1.807) is 6.08 Å². The Labute approximate surface area is 91.9 Å². The van der Waals surface area contributed by atoms with Crippen molar-refractivity contribution in [1.82, 2.24) is 4.72 Å². The molecule has 0 saturated heterocycles. The highest BCUT2D eigenvalue weighted by Gasteiger charge is 2.32. The lowest BCUT2D eigenvalue weighted by Gasteiger charge is -2.10. The van der Waals surface area contributed by atoms with Gasteiger partial charge in [0.2, 0.25) is 0 Å². The number of hydrogen-bond acceptors (Lipinski definition) is 2. The molecule has 2 rings (SSSR count).